The minimum Gasteiger partial charge on any atom is 0 e. The van der Waals surface area contributed by atoms with Crippen LogP contribution in [0.2, 0.25) is 0 Å². The van der Waals surface area contributed by atoms with E-state index in [-0.39, 0.29) is 72.2 Å². The first kappa shape index (κ1) is 34.1. The predicted octanol–water partition coefficient (Wildman–Crippen LogP) is -0.0100. The van der Waals surface area contributed by atoms with Crippen LogP contribution in [-0.4, -0.2) is 0 Å². The Hall–Kier alpha value is 2.25. The molecule has 0 N–H and O–H groups in total. The van der Waals surface area contributed by atoms with Crippen LogP contribution in [0.15, 0.2) is 0 Å². The third-order valence-electron chi connectivity index (χ3n) is 0. The summed E-state index contributed by atoms with van der Waals surface area (Å²) in [5, 5.41) is 0. The molecule has 4 heavy (non-hydrogen) atoms. The van der Waals surface area contributed by atoms with Gasteiger partial charge in [-0.05, 0) is 0 Å². The topological polar surface area (TPSA) is 0 Å². The van der Waals surface area contributed by atoms with Crippen LogP contribution >= 0.6 is 0 Å². The maximum absolute atomic E-state index is 0. The third kappa shape index (κ3) is 8.87. The Kier molecular flexibility index (Phi) is 160. The van der Waals surface area contributed by atoms with Crippen molar-refractivity contribution in [2.45, 2.75) is 0 Å². The van der Waals surface area contributed by atoms with Gasteiger partial charge in [0.1, 0.15) is 0 Å². The van der Waals surface area contributed by atoms with Gasteiger partial charge in [0.2, 0.25) is 0 Å². The van der Waals surface area contributed by atoms with Crippen molar-refractivity contribution in [3.05, 3.63) is 0 Å². The van der Waals surface area contributed by atoms with E-state index in [1.807, 2.05) is 0 Å². The molecule has 0 bridgehead atoms. The molecule has 0 saturated heterocycles. The summed E-state index contributed by atoms with van der Waals surface area (Å²) in [5.74, 6) is 0. The molecule has 0 aromatic rings. The molecular formula is CuFeVZn. The molecule has 0 saturated carbocycles. The van der Waals surface area contributed by atoms with Crippen LogP contribution in [0.5, 0.6) is 0 Å². The van der Waals surface area contributed by atoms with E-state index in [4.69, 9.17) is 0 Å². The summed E-state index contributed by atoms with van der Waals surface area (Å²) >= 11 is 0. The van der Waals surface area contributed by atoms with Crippen LogP contribution in [0.4, 0.5) is 0 Å². The Balaban J connectivity index is 0. The van der Waals surface area contributed by atoms with E-state index in [2.05, 4.69) is 0 Å². The second-order valence-corrected chi connectivity index (χ2v) is 0. The van der Waals surface area contributed by atoms with Gasteiger partial charge in [-0.15, -0.1) is 0 Å². The van der Waals surface area contributed by atoms with Crippen LogP contribution in [0, 0.1) is 0 Å². The van der Waals surface area contributed by atoms with Crippen molar-refractivity contribution in [3.8, 4) is 0 Å². The number of hydrogen-bond donors (Lipinski definition) is 0. The van der Waals surface area contributed by atoms with Gasteiger partial charge in [-0.2, -0.15) is 0 Å². The monoisotopic (exact) mass is 234 g/mol. The maximum atomic E-state index is 0. The molecule has 0 aliphatic carbocycles. The Morgan fingerprint density at radius 2 is 1.00 bits per heavy atom. The van der Waals surface area contributed by atoms with E-state index >= 15 is 0 Å². The van der Waals surface area contributed by atoms with Gasteiger partial charge in [0.05, 0.1) is 0 Å². The zero-order valence-electron chi connectivity index (χ0n) is 1.81. The molecule has 0 rings (SSSR count). The average molecular weight is 236 g/mol. The normalized spacial score (nSPS) is 0. The van der Waals surface area contributed by atoms with Gasteiger partial charge in [-0.3, -0.25) is 0 Å². The van der Waals surface area contributed by atoms with Crippen molar-refractivity contribution in [1.82, 2.24) is 0 Å². The Bertz CT molecular complexity index is 8.00. The maximum Gasteiger partial charge on any atom is 0 e. The molecule has 0 aliphatic rings. The van der Waals surface area contributed by atoms with E-state index in [9.17, 15) is 0 Å². The van der Waals surface area contributed by atoms with E-state index in [0.717, 1.165) is 0 Å². The standard InChI is InChI=1S/Cu.Fe.V.Zn. The predicted molar refractivity (Wildman–Crippen MR) is 0 cm³/mol. The molecule has 0 aliphatic heterocycles. The van der Waals surface area contributed by atoms with Crippen molar-refractivity contribution >= 4 is 0 Å². The summed E-state index contributed by atoms with van der Waals surface area (Å²) in [6, 6.07) is 0. The van der Waals surface area contributed by atoms with Gasteiger partial charge < -0.3 is 0 Å². The zero-order chi connectivity index (χ0) is 0. The first-order valence-electron chi connectivity index (χ1n) is 0. The first-order valence-corrected chi connectivity index (χ1v) is 0. The van der Waals surface area contributed by atoms with E-state index in [1.165, 1.54) is 0 Å². The molecule has 0 unspecified atom stereocenters. The fourth-order valence-corrected chi connectivity index (χ4v) is 0. The molecule has 0 atom stereocenters. The molecule has 2 radical (unpaired) electrons. The van der Waals surface area contributed by atoms with Crippen molar-refractivity contribution in [2.24, 2.45) is 0 Å². The minimum absolute atomic E-state index is 0. The summed E-state index contributed by atoms with van der Waals surface area (Å²) in [4.78, 5) is 0. The van der Waals surface area contributed by atoms with Gasteiger partial charge in [-0.25, -0.2) is 0 Å². The molecule has 0 heterocycles. The third-order valence-corrected chi connectivity index (χ3v) is 0. The molecule has 0 spiro atoms. The summed E-state index contributed by atoms with van der Waals surface area (Å²) < 4.78 is 0. The van der Waals surface area contributed by atoms with E-state index in [0.29, 0.717) is 0 Å². The van der Waals surface area contributed by atoms with Crippen LogP contribution < -0.4 is 0 Å². The van der Waals surface area contributed by atoms with Crippen molar-refractivity contribution in [2.75, 3.05) is 0 Å². The van der Waals surface area contributed by atoms with Crippen molar-refractivity contribution in [3.63, 3.8) is 0 Å². The minimum atomic E-state index is 0. The summed E-state index contributed by atoms with van der Waals surface area (Å²) in [5.41, 5.74) is 0. The second kappa shape index (κ2) is 18.7. The summed E-state index contributed by atoms with van der Waals surface area (Å²) in [6.45, 7) is 0. The molecule has 0 nitrogen and oxygen atoms in total. The van der Waals surface area contributed by atoms with Gasteiger partial charge >= 0.3 is 0 Å². The fraction of sp³-hybridized carbons (Fsp3) is 0. The van der Waals surface area contributed by atoms with E-state index in [1.54, 1.807) is 0 Å². The number of rotatable bonds is 0. The van der Waals surface area contributed by atoms with Crippen LogP contribution in [0.3, 0.4) is 0 Å². The van der Waals surface area contributed by atoms with Gasteiger partial charge in [0.15, 0.2) is 0 Å². The Morgan fingerprint density at radius 1 is 1.00 bits per heavy atom. The van der Waals surface area contributed by atoms with Gasteiger partial charge in [0.25, 0.3) is 0 Å². The second-order valence-electron chi connectivity index (χ2n) is 0. The van der Waals surface area contributed by atoms with Crippen molar-refractivity contribution < 1.29 is 72.2 Å². The fourth-order valence-electron chi connectivity index (χ4n) is 0. The van der Waals surface area contributed by atoms with Gasteiger partial charge in [0, 0.05) is 72.2 Å². The van der Waals surface area contributed by atoms with Crippen LogP contribution in [0.25, 0.3) is 0 Å². The van der Waals surface area contributed by atoms with Crippen molar-refractivity contribution in [1.29, 1.82) is 0 Å². The van der Waals surface area contributed by atoms with Crippen LogP contribution in [-0.2, 0) is 72.2 Å². The summed E-state index contributed by atoms with van der Waals surface area (Å²) in [6.07, 6.45) is 0. The molecule has 0 fully saturated rings. The molecule has 0 aromatic carbocycles. The van der Waals surface area contributed by atoms with Gasteiger partial charge in [-0.1, -0.05) is 0 Å². The molecule has 26 valence electrons. The van der Waals surface area contributed by atoms with Crippen LogP contribution in [0.1, 0.15) is 0 Å². The average Bonchev–Trinajstić information content (AvgIpc) is 0. The van der Waals surface area contributed by atoms with E-state index < -0.39 is 0 Å². The molecule has 0 amide bonds. The first-order chi connectivity index (χ1) is 0. The molecule has 4 heteroatoms. The Labute approximate surface area is 71.5 Å². The molecule has 0 aromatic heterocycles. The number of hydrogen-bond acceptors (Lipinski definition) is 0. The largest absolute Gasteiger partial charge is 0 e. The SMILES string of the molecule is [Cu].[Fe].[V].[Zn]. The smallest absolute Gasteiger partial charge is 0 e. The quantitative estimate of drug-likeness (QED) is 0.519. The summed E-state index contributed by atoms with van der Waals surface area (Å²) in [7, 11) is 0. The Morgan fingerprint density at radius 3 is 1.00 bits per heavy atom. The molecular weight excluding hydrogens is 236 g/mol. The zero-order valence-corrected chi connectivity index (χ0v) is 8.22.